The van der Waals surface area contributed by atoms with Gasteiger partial charge in [-0.2, -0.15) is 13.2 Å². The second-order valence-electron chi connectivity index (χ2n) is 5.58. The van der Waals surface area contributed by atoms with Crippen LogP contribution < -0.4 is 5.32 Å². The summed E-state index contributed by atoms with van der Waals surface area (Å²) in [7, 11) is 0. The molecule has 0 radical (unpaired) electrons. The van der Waals surface area contributed by atoms with Gasteiger partial charge in [0.25, 0.3) is 0 Å². The highest BCUT2D eigenvalue weighted by atomic mass is 35.5. The van der Waals surface area contributed by atoms with Crippen LogP contribution in [-0.4, -0.2) is 21.0 Å². The first kappa shape index (κ1) is 16.0. The van der Waals surface area contributed by atoms with Gasteiger partial charge < -0.3 is 5.32 Å². The Hall–Kier alpha value is -1.89. The standard InChI is InChI=1S/C15H14ClF3N4/c1-8(9-5-6-9)20-13-7-12(16)22-14(23-13)10-3-2-4-11(21-10)15(17,18)19/h2-4,7-9H,5-6H2,1H3,(H,20,22,23). The molecule has 0 aromatic carbocycles. The molecule has 4 nitrogen and oxygen atoms in total. The first-order valence-electron chi connectivity index (χ1n) is 7.18. The van der Waals surface area contributed by atoms with Crippen LogP contribution in [0.4, 0.5) is 19.0 Å². The molecular formula is C15H14ClF3N4. The summed E-state index contributed by atoms with van der Waals surface area (Å²) in [6, 6.07) is 5.38. The van der Waals surface area contributed by atoms with Crippen molar-refractivity contribution >= 4 is 17.4 Å². The van der Waals surface area contributed by atoms with Gasteiger partial charge in [0.05, 0.1) is 0 Å². The second-order valence-corrected chi connectivity index (χ2v) is 5.96. The van der Waals surface area contributed by atoms with Crippen LogP contribution in [0, 0.1) is 5.92 Å². The number of anilines is 1. The molecule has 0 saturated heterocycles. The second kappa shape index (κ2) is 5.96. The maximum absolute atomic E-state index is 12.8. The lowest BCUT2D eigenvalue weighted by Gasteiger charge is -2.14. The molecule has 1 unspecified atom stereocenters. The minimum Gasteiger partial charge on any atom is -0.367 e. The Morgan fingerprint density at radius 2 is 1.96 bits per heavy atom. The van der Waals surface area contributed by atoms with Crippen LogP contribution in [0.2, 0.25) is 5.15 Å². The monoisotopic (exact) mass is 342 g/mol. The van der Waals surface area contributed by atoms with E-state index in [1.165, 1.54) is 12.1 Å². The topological polar surface area (TPSA) is 50.7 Å². The normalized spacial score (nSPS) is 16.2. The average molecular weight is 343 g/mol. The molecule has 2 aromatic rings. The molecule has 8 heteroatoms. The third-order valence-corrected chi connectivity index (χ3v) is 3.86. The lowest BCUT2D eigenvalue weighted by molar-refractivity contribution is -0.141. The van der Waals surface area contributed by atoms with Gasteiger partial charge in [-0.25, -0.2) is 15.0 Å². The largest absolute Gasteiger partial charge is 0.433 e. The zero-order valence-corrected chi connectivity index (χ0v) is 13.0. The third-order valence-electron chi connectivity index (χ3n) is 3.67. The summed E-state index contributed by atoms with van der Waals surface area (Å²) in [6.07, 6.45) is -2.19. The first-order chi connectivity index (χ1) is 10.8. The Balaban J connectivity index is 1.91. The van der Waals surface area contributed by atoms with Gasteiger partial charge in [0, 0.05) is 12.1 Å². The third kappa shape index (κ3) is 3.90. The molecule has 0 aliphatic heterocycles. The predicted octanol–water partition coefficient (Wildman–Crippen LogP) is 4.42. The van der Waals surface area contributed by atoms with Crippen molar-refractivity contribution in [3.8, 4) is 11.5 Å². The van der Waals surface area contributed by atoms with E-state index >= 15 is 0 Å². The number of nitrogens with one attached hydrogen (secondary N) is 1. The lowest BCUT2D eigenvalue weighted by atomic mass is 10.2. The van der Waals surface area contributed by atoms with Gasteiger partial charge in [-0.15, -0.1) is 0 Å². The SMILES string of the molecule is CC(Nc1cc(Cl)nc(-c2cccc(C(F)(F)F)n2)n1)C1CC1. The van der Waals surface area contributed by atoms with Crippen molar-refractivity contribution in [3.63, 3.8) is 0 Å². The number of halogens is 4. The molecule has 2 heterocycles. The number of aromatic nitrogens is 3. The van der Waals surface area contributed by atoms with E-state index in [0.29, 0.717) is 11.7 Å². The molecule has 1 atom stereocenters. The highest BCUT2D eigenvalue weighted by Gasteiger charge is 2.33. The van der Waals surface area contributed by atoms with E-state index in [-0.39, 0.29) is 22.7 Å². The van der Waals surface area contributed by atoms with Crippen LogP contribution in [0.1, 0.15) is 25.5 Å². The van der Waals surface area contributed by atoms with Gasteiger partial charge in [0.1, 0.15) is 22.4 Å². The van der Waals surface area contributed by atoms with Crippen LogP contribution >= 0.6 is 11.6 Å². The van der Waals surface area contributed by atoms with E-state index in [1.807, 2.05) is 6.92 Å². The molecule has 0 amide bonds. The summed E-state index contributed by atoms with van der Waals surface area (Å²) in [4.78, 5) is 11.8. The summed E-state index contributed by atoms with van der Waals surface area (Å²) in [5.41, 5.74) is -0.955. The number of nitrogens with zero attached hydrogens (tertiary/aromatic N) is 3. The fraction of sp³-hybridized carbons (Fsp3) is 0.400. The lowest BCUT2D eigenvalue weighted by Crippen LogP contribution is -2.18. The Morgan fingerprint density at radius 3 is 2.61 bits per heavy atom. The average Bonchev–Trinajstić information content (AvgIpc) is 3.30. The van der Waals surface area contributed by atoms with Crippen molar-refractivity contribution in [1.29, 1.82) is 0 Å². The molecule has 0 spiro atoms. The molecular weight excluding hydrogens is 329 g/mol. The molecule has 3 rings (SSSR count). The van der Waals surface area contributed by atoms with Gasteiger partial charge in [0.2, 0.25) is 0 Å². The van der Waals surface area contributed by atoms with Gasteiger partial charge in [-0.1, -0.05) is 17.7 Å². The van der Waals surface area contributed by atoms with E-state index in [1.54, 1.807) is 6.07 Å². The first-order valence-corrected chi connectivity index (χ1v) is 7.56. The van der Waals surface area contributed by atoms with Crippen molar-refractivity contribution in [3.05, 3.63) is 35.1 Å². The number of hydrogen-bond donors (Lipinski definition) is 1. The summed E-state index contributed by atoms with van der Waals surface area (Å²) in [6.45, 7) is 2.04. The Bertz CT molecular complexity index is 716. The fourth-order valence-corrected chi connectivity index (χ4v) is 2.45. The van der Waals surface area contributed by atoms with E-state index in [9.17, 15) is 13.2 Å². The molecule has 1 fully saturated rings. The molecule has 23 heavy (non-hydrogen) atoms. The quantitative estimate of drug-likeness (QED) is 0.836. The Labute approximate surface area is 136 Å². The van der Waals surface area contributed by atoms with Gasteiger partial charge in [-0.3, -0.25) is 0 Å². The summed E-state index contributed by atoms with van der Waals surface area (Å²) < 4.78 is 38.3. The van der Waals surface area contributed by atoms with Crippen molar-refractivity contribution < 1.29 is 13.2 Å². The molecule has 1 aliphatic carbocycles. The predicted molar refractivity (Wildman–Crippen MR) is 81.1 cm³/mol. The maximum atomic E-state index is 12.8. The highest BCUT2D eigenvalue weighted by molar-refractivity contribution is 6.29. The zero-order valence-electron chi connectivity index (χ0n) is 12.2. The highest BCUT2D eigenvalue weighted by Crippen LogP contribution is 2.34. The van der Waals surface area contributed by atoms with Crippen LogP contribution in [0.25, 0.3) is 11.5 Å². The summed E-state index contributed by atoms with van der Waals surface area (Å²) in [5.74, 6) is 1.14. The van der Waals surface area contributed by atoms with Crippen LogP contribution in [-0.2, 0) is 6.18 Å². The van der Waals surface area contributed by atoms with Gasteiger partial charge in [0.15, 0.2) is 5.82 Å². The number of hydrogen-bond acceptors (Lipinski definition) is 4. The van der Waals surface area contributed by atoms with E-state index in [0.717, 1.165) is 18.9 Å². The van der Waals surface area contributed by atoms with Gasteiger partial charge in [-0.05, 0) is 37.8 Å². The molecule has 122 valence electrons. The van der Waals surface area contributed by atoms with Crippen molar-refractivity contribution in [2.75, 3.05) is 5.32 Å². The Kier molecular flexibility index (Phi) is 4.14. The van der Waals surface area contributed by atoms with Crippen molar-refractivity contribution in [2.24, 2.45) is 5.92 Å². The van der Waals surface area contributed by atoms with Gasteiger partial charge >= 0.3 is 6.18 Å². The van der Waals surface area contributed by atoms with Crippen LogP contribution in [0.15, 0.2) is 24.3 Å². The van der Waals surface area contributed by atoms with Crippen LogP contribution in [0.3, 0.4) is 0 Å². The minimum atomic E-state index is -4.52. The fourth-order valence-electron chi connectivity index (χ4n) is 2.27. The maximum Gasteiger partial charge on any atom is 0.433 e. The molecule has 1 saturated carbocycles. The molecule has 0 bridgehead atoms. The molecule has 1 aliphatic rings. The zero-order chi connectivity index (χ0) is 16.6. The number of alkyl halides is 3. The number of rotatable bonds is 4. The Morgan fingerprint density at radius 1 is 1.22 bits per heavy atom. The summed E-state index contributed by atoms with van der Waals surface area (Å²) >= 11 is 5.97. The smallest absolute Gasteiger partial charge is 0.367 e. The van der Waals surface area contributed by atoms with Crippen molar-refractivity contribution in [2.45, 2.75) is 32.0 Å². The number of pyridine rings is 1. The molecule has 1 N–H and O–H groups in total. The van der Waals surface area contributed by atoms with Crippen LogP contribution in [0.5, 0.6) is 0 Å². The van der Waals surface area contributed by atoms with Crippen molar-refractivity contribution in [1.82, 2.24) is 15.0 Å². The summed E-state index contributed by atoms with van der Waals surface area (Å²) in [5, 5.41) is 3.37. The van der Waals surface area contributed by atoms with E-state index < -0.39 is 11.9 Å². The molecule has 2 aromatic heterocycles. The minimum absolute atomic E-state index is 0.0319. The van der Waals surface area contributed by atoms with E-state index in [4.69, 9.17) is 11.6 Å². The van der Waals surface area contributed by atoms with E-state index in [2.05, 4.69) is 20.3 Å².